The van der Waals surface area contributed by atoms with Gasteiger partial charge in [0.15, 0.2) is 0 Å². The number of β-amino-alcohol motifs (C(OH)–C–C–N with tert-alkyl or cyclic N) is 1. The first-order valence-corrected chi connectivity index (χ1v) is 6.67. The van der Waals surface area contributed by atoms with Gasteiger partial charge in [-0.1, -0.05) is 13.8 Å². The molecule has 2 rings (SSSR count). The fraction of sp³-hybridized carbons (Fsp3) is 0.923. The van der Waals surface area contributed by atoms with Crippen LogP contribution in [0.15, 0.2) is 0 Å². The summed E-state index contributed by atoms with van der Waals surface area (Å²) >= 11 is 0. The fourth-order valence-electron chi connectivity index (χ4n) is 2.77. The Morgan fingerprint density at radius 1 is 1.47 bits per heavy atom. The first-order valence-electron chi connectivity index (χ1n) is 6.67. The van der Waals surface area contributed by atoms with Crippen molar-refractivity contribution in [1.29, 1.82) is 0 Å². The van der Waals surface area contributed by atoms with E-state index in [9.17, 15) is 9.90 Å². The van der Waals surface area contributed by atoms with Gasteiger partial charge in [0.25, 0.3) is 0 Å². The second kappa shape index (κ2) is 4.58. The van der Waals surface area contributed by atoms with Crippen LogP contribution in [0, 0.1) is 17.8 Å². The monoisotopic (exact) mass is 240 g/mol. The van der Waals surface area contributed by atoms with Crippen LogP contribution in [-0.4, -0.2) is 41.1 Å². The van der Waals surface area contributed by atoms with Crippen LogP contribution < -0.4 is 5.73 Å². The summed E-state index contributed by atoms with van der Waals surface area (Å²) in [4.78, 5) is 13.9. The molecule has 0 radical (unpaired) electrons. The highest BCUT2D eigenvalue weighted by Gasteiger charge is 2.53. The maximum Gasteiger partial charge on any atom is 0.227 e. The molecule has 1 amide bonds. The van der Waals surface area contributed by atoms with Crippen LogP contribution in [-0.2, 0) is 4.79 Å². The van der Waals surface area contributed by atoms with Gasteiger partial charge in [-0.15, -0.1) is 0 Å². The molecule has 2 fully saturated rings. The lowest BCUT2D eigenvalue weighted by Crippen LogP contribution is -2.66. The van der Waals surface area contributed by atoms with E-state index >= 15 is 0 Å². The third-order valence-electron chi connectivity index (χ3n) is 3.97. The molecule has 17 heavy (non-hydrogen) atoms. The van der Waals surface area contributed by atoms with Crippen molar-refractivity contribution >= 4 is 5.91 Å². The van der Waals surface area contributed by atoms with Crippen molar-refractivity contribution in [3.8, 4) is 0 Å². The highest BCUT2D eigenvalue weighted by atomic mass is 16.3. The Kier molecular flexibility index (Phi) is 3.46. The van der Waals surface area contributed by atoms with E-state index in [0.717, 1.165) is 19.3 Å². The summed E-state index contributed by atoms with van der Waals surface area (Å²) < 4.78 is 0. The van der Waals surface area contributed by atoms with Gasteiger partial charge in [-0.3, -0.25) is 4.79 Å². The molecular weight excluding hydrogens is 216 g/mol. The molecule has 1 unspecified atom stereocenters. The first-order chi connectivity index (χ1) is 7.96. The maximum absolute atomic E-state index is 12.2. The largest absolute Gasteiger partial charge is 0.386 e. The average molecular weight is 240 g/mol. The lowest BCUT2D eigenvalue weighted by atomic mass is 9.86. The van der Waals surface area contributed by atoms with Crippen molar-refractivity contribution in [2.24, 2.45) is 23.5 Å². The van der Waals surface area contributed by atoms with Gasteiger partial charge >= 0.3 is 0 Å². The van der Waals surface area contributed by atoms with Gasteiger partial charge in [-0.2, -0.15) is 0 Å². The molecular formula is C13H24N2O2. The molecule has 1 atom stereocenters. The Bertz CT molecular complexity index is 294. The van der Waals surface area contributed by atoms with Crippen LogP contribution in [0.25, 0.3) is 0 Å². The Labute approximate surface area is 103 Å². The minimum absolute atomic E-state index is 0.0706. The number of amides is 1. The van der Waals surface area contributed by atoms with Gasteiger partial charge in [-0.25, -0.2) is 0 Å². The van der Waals surface area contributed by atoms with Gasteiger partial charge in [0.05, 0.1) is 19.0 Å². The van der Waals surface area contributed by atoms with Gasteiger partial charge in [-0.05, 0) is 31.1 Å². The number of aliphatic hydroxyl groups is 1. The highest BCUT2D eigenvalue weighted by Crippen LogP contribution is 2.44. The van der Waals surface area contributed by atoms with E-state index in [-0.39, 0.29) is 11.8 Å². The Hall–Kier alpha value is -0.610. The molecule has 4 nitrogen and oxygen atoms in total. The van der Waals surface area contributed by atoms with Crippen molar-refractivity contribution < 1.29 is 9.90 Å². The van der Waals surface area contributed by atoms with Gasteiger partial charge < -0.3 is 15.7 Å². The van der Waals surface area contributed by atoms with Crippen LogP contribution in [0.3, 0.4) is 0 Å². The maximum atomic E-state index is 12.2. The topological polar surface area (TPSA) is 66.6 Å². The number of carbonyl (C=O) groups is 1. The molecule has 0 aromatic carbocycles. The third kappa shape index (κ3) is 2.63. The predicted octanol–water partition coefficient (Wildman–Crippen LogP) is 0.591. The lowest BCUT2D eigenvalue weighted by molar-refractivity contribution is -0.163. The third-order valence-corrected chi connectivity index (χ3v) is 3.97. The van der Waals surface area contributed by atoms with E-state index in [0.29, 0.717) is 31.5 Å². The van der Waals surface area contributed by atoms with E-state index in [4.69, 9.17) is 5.73 Å². The quantitative estimate of drug-likeness (QED) is 0.739. The molecule has 1 saturated heterocycles. The second-order valence-corrected chi connectivity index (χ2v) is 6.13. The summed E-state index contributed by atoms with van der Waals surface area (Å²) in [5, 5.41) is 10.2. The average Bonchev–Trinajstić information content (AvgIpc) is 3.03. The molecule has 1 aliphatic carbocycles. The molecule has 1 aliphatic heterocycles. The van der Waals surface area contributed by atoms with Crippen LogP contribution in [0.1, 0.15) is 33.1 Å². The molecule has 1 saturated carbocycles. The van der Waals surface area contributed by atoms with Gasteiger partial charge in [0.1, 0.15) is 5.60 Å². The molecule has 1 heterocycles. The molecule has 0 bridgehead atoms. The van der Waals surface area contributed by atoms with Crippen LogP contribution in [0.2, 0.25) is 0 Å². The summed E-state index contributed by atoms with van der Waals surface area (Å²) in [7, 11) is 0. The van der Waals surface area contributed by atoms with Crippen molar-refractivity contribution in [3.63, 3.8) is 0 Å². The van der Waals surface area contributed by atoms with Crippen molar-refractivity contribution in [1.82, 2.24) is 4.90 Å². The van der Waals surface area contributed by atoms with Gasteiger partial charge in [0, 0.05) is 6.54 Å². The molecule has 4 heteroatoms. The number of hydrogen-bond acceptors (Lipinski definition) is 3. The zero-order valence-electron chi connectivity index (χ0n) is 10.9. The highest BCUT2D eigenvalue weighted by molar-refractivity contribution is 5.80. The Morgan fingerprint density at radius 3 is 2.47 bits per heavy atom. The first kappa shape index (κ1) is 12.8. The second-order valence-electron chi connectivity index (χ2n) is 6.13. The Morgan fingerprint density at radius 2 is 2.06 bits per heavy atom. The standard InChI is InChI=1S/C13H24N2O2/c1-9(2)5-10(6-14)12(16)15-7-13(17,8-15)11-3-4-11/h9-11,17H,3-8,14H2,1-2H3. The molecule has 3 N–H and O–H groups in total. The smallest absolute Gasteiger partial charge is 0.227 e. The van der Waals surface area contributed by atoms with Crippen molar-refractivity contribution in [2.75, 3.05) is 19.6 Å². The van der Waals surface area contributed by atoms with E-state index < -0.39 is 5.60 Å². The van der Waals surface area contributed by atoms with E-state index in [2.05, 4.69) is 13.8 Å². The minimum atomic E-state index is -0.577. The Balaban J connectivity index is 1.84. The van der Waals surface area contributed by atoms with Crippen LogP contribution in [0.4, 0.5) is 0 Å². The normalized spacial score (nSPS) is 24.6. The van der Waals surface area contributed by atoms with Crippen molar-refractivity contribution in [3.05, 3.63) is 0 Å². The summed E-state index contributed by atoms with van der Waals surface area (Å²) in [6, 6.07) is 0. The number of likely N-dealkylation sites (tertiary alicyclic amines) is 1. The zero-order valence-corrected chi connectivity index (χ0v) is 10.9. The molecule has 2 aliphatic rings. The van der Waals surface area contributed by atoms with Crippen LogP contribution in [0.5, 0.6) is 0 Å². The SMILES string of the molecule is CC(C)CC(CN)C(=O)N1CC(O)(C2CC2)C1. The summed E-state index contributed by atoms with van der Waals surface area (Å²) in [6.45, 7) is 5.66. The van der Waals surface area contributed by atoms with E-state index in [1.165, 1.54) is 0 Å². The van der Waals surface area contributed by atoms with E-state index in [1.807, 2.05) is 0 Å². The number of nitrogens with zero attached hydrogens (tertiary/aromatic N) is 1. The summed E-state index contributed by atoms with van der Waals surface area (Å²) in [5.74, 6) is 0.981. The number of carbonyl (C=O) groups excluding carboxylic acids is 1. The molecule has 0 aromatic rings. The number of nitrogens with two attached hydrogens (primary N) is 1. The predicted molar refractivity (Wildman–Crippen MR) is 66.3 cm³/mol. The van der Waals surface area contributed by atoms with E-state index in [1.54, 1.807) is 4.90 Å². The fourth-order valence-corrected chi connectivity index (χ4v) is 2.77. The lowest BCUT2D eigenvalue weighted by Gasteiger charge is -2.48. The molecule has 0 aromatic heterocycles. The summed E-state index contributed by atoms with van der Waals surface area (Å²) in [6.07, 6.45) is 3.07. The van der Waals surface area contributed by atoms with Gasteiger partial charge in [0.2, 0.25) is 5.91 Å². The molecule has 0 spiro atoms. The number of rotatable bonds is 5. The molecule has 98 valence electrons. The van der Waals surface area contributed by atoms with Crippen LogP contribution >= 0.6 is 0 Å². The number of hydrogen-bond donors (Lipinski definition) is 2. The minimum Gasteiger partial charge on any atom is -0.386 e. The van der Waals surface area contributed by atoms with Crippen molar-refractivity contribution in [2.45, 2.75) is 38.7 Å². The zero-order chi connectivity index (χ0) is 12.6. The summed E-state index contributed by atoms with van der Waals surface area (Å²) in [5.41, 5.74) is 5.09.